The predicted octanol–water partition coefficient (Wildman–Crippen LogP) is 0.457. The molecule has 0 aromatic rings. The van der Waals surface area contributed by atoms with Gasteiger partial charge in [0.05, 0.1) is 11.8 Å². The number of carbonyl (C=O) groups excluding carboxylic acids is 2. The quantitative estimate of drug-likeness (QED) is 0.760. The predicted molar refractivity (Wildman–Crippen MR) is 76.1 cm³/mol. The van der Waals surface area contributed by atoms with Gasteiger partial charge in [0.15, 0.2) is 0 Å². The Balaban J connectivity index is 1.49. The first kappa shape index (κ1) is 14.0. The lowest BCUT2D eigenvalue weighted by molar-refractivity contribution is -0.140. The molecule has 0 aromatic heterocycles. The number of likely N-dealkylation sites (tertiary alicyclic amines) is 1. The number of imide groups is 1. The first-order valence-electron chi connectivity index (χ1n) is 8.05. The first-order valence-corrected chi connectivity index (χ1v) is 8.05. The van der Waals surface area contributed by atoms with Gasteiger partial charge >= 0.3 is 0 Å². The van der Waals surface area contributed by atoms with Crippen molar-refractivity contribution >= 4 is 11.8 Å². The van der Waals surface area contributed by atoms with Crippen molar-refractivity contribution in [3.05, 3.63) is 0 Å². The summed E-state index contributed by atoms with van der Waals surface area (Å²) in [4.78, 5) is 28.6. The second-order valence-corrected chi connectivity index (χ2v) is 6.27. The highest BCUT2D eigenvalue weighted by Crippen LogP contribution is 2.37. The number of amides is 2. The number of piperazine rings is 1. The number of nitrogens with zero attached hydrogens (tertiary/aromatic N) is 2. The molecule has 112 valence electrons. The van der Waals surface area contributed by atoms with Gasteiger partial charge in [0.25, 0.3) is 0 Å². The highest BCUT2D eigenvalue weighted by molar-refractivity contribution is 6.05. The molecular formula is C15H25N3O2. The number of carbonyl (C=O) groups is 2. The average Bonchev–Trinajstić information content (AvgIpc) is 2.74. The topological polar surface area (TPSA) is 52.7 Å². The van der Waals surface area contributed by atoms with Gasteiger partial charge < -0.3 is 10.2 Å². The van der Waals surface area contributed by atoms with E-state index in [1.165, 1.54) is 0 Å². The van der Waals surface area contributed by atoms with Gasteiger partial charge in [0.2, 0.25) is 11.8 Å². The highest BCUT2D eigenvalue weighted by Gasteiger charge is 2.47. The number of hydrogen-bond donors (Lipinski definition) is 1. The van der Waals surface area contributed by atoms with Crippen molar-refractivity contribution in [3.63, 3.8) is 0 Å². The number of rotatable bonds is 4. The maximum absolute atomic E-state index is 12.3. The Morgan fingerprint density at radius 2 is 1.55 bits per heavy atom. The number of hydrogen-bond acceptors (Lipinski definition) is 4. The molecule has 3 rings (SSSR count). The highest BCUT2D eigenvalue weighted by atomic mass is 16.2. The summed E-state index contributed by atoms with van der Waals surface area (Å²) in [7, 11) is 0. The fourth-order valence-corrected chi connectivity index (χ4v) is 3.84. The van der Waals surface area contributed by atoms with Gasteiger partial charge in [-0.1, -0.05) is 12.8 Å². The van der Waals surface area contributed by atoms with Crippen LogP contribution in [0.2, 0.25) is 0 Å². The molecule has 2 atom stereocenters. The van der Waals surface area contributed by atoms with E-state index < -0.39 is 0 Å². The van der Waals surface area contributed by atoms with E-state index in [0.29, 0.717) is 6.54 Å². The molecule has 2 aliphatic heterocycles. The summed E-state index contributed by atoms with van der Waals surface area (Å²) >= 11 is 0. The molecule has 1 aliphatic carbocycles. The third-order valence-electron chi connectivity index (χ3n) is 5.00. The van der Waals surface area contributed by atoms with Crippen molar-refractivity contribution in [2.24, 2.45) is 11.8 Å². The van der Waals surface area contributed by atoms with E-state index in [1.807, 2.05) is 0 Å². The zero-order chi connectivity index (χ0) is 13.9. The largest absolute Gasteiger partial charge is 0.314 e. The Hall–Kier alpha value is -0.940. The Labute approximate surface area is 120 Å². The molecule has 2 heterocycles. The summed E-state index contributed by atoms with van der Waals surface area (Å²) < 4.78 is 0. The second kappa shape index (κ2) is 6.22. The molecule has 5 heteroatoms. The zero-order valence-corrected chi connectivity index (χ0v) is 12.1. The smallest absolute Gasteiger partial charge is 0.233 e. The zero-order valence-electron chi connectivity index (χ0n) is 12.1. The van der Waals surface area contributed by atoms with Crippen LogP contribution < -0.4 is 5.32 Å². The van der Waals surface area contributed by atoms with E-state index in [9.17, 15) is 9.59 Å². The molecule has 0 aromatic carbocycles. The Bertz CT molecular complexity index is 355. The van der Waals surface area contributed by atoms with E-state index in [-0.39, 0.29) is 23.7 Å². The number of fused-ring (bicyclic) bond motifs is 1. The minimum Gasteiger partial charge on any atom is -0.314 e. The molecule has 0 bridgehead atoms. The third kappa shape index (κ3) is 2.74. The molecule has 2 amide bonds. The van der Waals surface area contributed by atoms with Crippen LogP contribution in [0.4, 0.5) is 0 Å². The van der Waals surface area contributed by atoms with Gasteiger partial charge in [-0.25, -0.2) is 0 Å². The monoisotopic (exact) mass is 279 g/mol. The minimum atomic E-state index is 0.00966. The van der Waals surface area contributed by atoms with Crippen LogP contribution >= 0.6 is 0 Å². The lowest BCUT2D eigenvalue weighted by Gasteiger charge is -2.27. The SMILES string of the molecule is O=C1C2CCCCC2C(=O)N1CCCN1CCNCC1. The van der Waals surface area contributed by atoms with E-state index in [2.05, 4.69) is 10.2 Å². The van der Waals surface area contributed by atoms with Crippen LogP contribution in [0.5, 0.6) is 0 Å². The van der Waals surface area contributed by atoms with Crippen molar-refractivity contribution in [2.75, 3.05) is 39.3 Å². The van der Waals surface area contributed by atoms with Gasteiger partial charge in [-0.2, -0.15) is 0 Å². The molecular weight excluding hydrogens is 254 g/mol. The van der Waals surface area contributed by atoms with Crippen molar-refractivity contribution < 1.29 is 9.59 Å². The molecule has 20 heavy (non-hydrogen) atoms. The maximum Gasteiger partial charge on any atom is 0.233 e. The van der Waals surface area contributed by atoms with Gasteiger partial charge in [-0.15, -0.1) is 0 Å². The van der Waals surface area contributed by atoms with Gasteiger partial charge in [-0.05, 0) is 25.8 Å². The fraction of sp³-hybridized carbons (Fsp3) is 0.867. The Morgan fingerprint density at radius 1 is 0.950 bits per heavy atom. The lowest BCUT2D eigenvalue weighted by atomic mass is 9.81. The summed E-state index contributed by atoms with van der Waals surface area (Å²) in [6.45, 7) is 5.86. The molecule has 1 saturated carbocycles. The van der Waals surface area contributed by atoms with Crippen LogP contribution in [0.25, 0.3) is 0 Å². The van der Waals surface area contributed by atoms with Crippen LogP contribution in [0.1, 0.15) is 32.1 Å². The lowest BCUT2D eigenvalue weighted by Crippen LogP contribution is -2.44. The molecule has 3 aliphatic rings. The average molecular weight is 279 g/mol. The number of nitrogens with one attached hydrogen (secondary N) is 1. The maximum atomic E-state index is 12.3. The standard InChI is InChI=1S/C15H25N3O2/c19-14-12-4-1-2-5-13(12)15(20)18(14)9-3-8-17-10-6-16-7-11-17/h12-13,16H,1-11H2. The molecule has 0 spiro atoms. The molecule has 2 unspecified atom stereocenters. The third-order valence-corrected chi connectivity index (χ3v) is 5.00. The second-order valence-electron chi connectivity index (χ2n) is 6.27. The molecule has 1 N–H and O–H groups in total. The molecule has 0 radical (unpaired) electrons. The van der Waals surface area contributed by atoms with Crippen molar-refractivity contribution in [2.45, 2.75) is 32.1 Å². The van der Waals surface area contributed by atoms with E-state index in [1.54, 1.807) is 4.90 Å². The molecule has 5 nitrogen and oxygen atoms in total. The normalized spacial score (nSPS) is 31.7. The first-order chi connectivity index (χ1) is 9.77. The summed E-state index contributed by atoms with van der Waals surface area (Å²) in [6.07, 6.45) is 4.97. The van der Waals surface area contributed by atoms with Crippen molar-refractivity contribution in [3.8, 4) is 0 Å². The Kier molecular flexibility index (Phi) is 4.36. The molecule has 2 saturated heterocycles. The van der Waals surface area contributed by atoms with Crippen LogP contribution in [-0.4, -0.2) is 60.9 Å². The van der Waals surface area contributed by atoms with E-state index >= 15 is 0 Å². The van der Waals surface area contributed by atoms with Gasteiger partial charge in [-0.3, -0.25) is 14.5 Å². The van der Waals surface area contributed by atoms with E-state index in [0.717, 1.165) is 64.8 Å². The summed E-state index contributed by atoms with van der Waals surface area (Å²) in [6, 6.07) is 0. The van der Waals surface area contributed by atoms with Gasteiger partial charge in [0, 0.05) is 32.7 Å². The summed E-state index contributed by atoms with van der Waals surface area (Å²) in [5.74, 6) is 0.242. The summed E-state index contributed by atoms with van der Waals surface area (Å²) in [5.41, 5.74) is 0. The van der Waals surface area contributed by atoms with Crippen LogP contribution in [-0.2, 0) is 9.59 Å². The fourth-order valence-electron chi connectivity index (χ4n) is 3.84. The van der Waals surface area contributed by atoms with Gasteiger partial charge in [0.1, 0.15) is 0 Å². The molecule has 3 fully saturated rings. The van der Waals surface area contributed by atoms with Crippen molar-refractivity contribution in [1.29, 1.82) is 0 Å². The summed E-state index contributed by atoms with van der Waals surface area (Å²) in [5, 5.41) is 3.33. The van der Waals surface area contributed by atoms with E-state index in [4.69, 9.17) is 0 Å². The van der Waals surface area contributed by atoms with Crippen LogP contribution in [0, 0.1) is 11.8 Å². The van der Waals surface area contributed by atoms with Crippen LogP contribution in [0.15, 0.2) is 0 Å². The Morgan fingerprint density at radius 3 is 2.15 bits per heavy atom. The van der Waals surface area contributed by atoms with Crippen molar-refractivity contribution in [1.82, 2.24) is 15.1 Å². The van der Waals surface area contributed by atoms with Crippen LogP contribution in [0.3, 0.4) is 0 Å². The minimum absolute atomic E-state index is 0.00966.